The van der Waals surface area contributed by atoms with Gasteiger partial charge in [0.1, 0.15) is 5.76 Å². The third kappa shape index (κ3) is 3.20. The maximum Gasteiger partial charge on any atom is 0.105 e. The van der Waals surface area contributed by atoms with Crippen LogP contribution in [0, 0.1) is 6.92 Å². The summed E-state index contributed by atoms with van der Waals surface area (Å²) in [6.07, 6.45) is 1.75. The molecule has 2 aromatic rings. The molecule has 3 heteroatoms. The molecule has 1 aromatic carbocycles. The molecule has 0 fully saturated rings. The standard InChI is InChI=1S/C14H16BrNO/c1-11-12(7-8-17-11)9-16(2)10-13-5-3-4-6-14(13)15/h3-8H,9-10H2,1-2H3. The second-order valence-corrected chi connectivity index (χ2v) is 5.12. The fraction of sp³-hybridized carbons (Fsp3) is 0.286. The highest BCUT2D eigenvalue weighted by Gasteiger charge is 2.07. The average molecular weight is 294 g/mol. The van der Waals surface area contributed by atoms with Gasteiger partial charge in [0.05, 0.1) is 6.26 Å². The maximum atomic E-state index is 5.30. The highest BCUT2D eigenvalue weighted by atomic mass is 79.9. The van der Waals surface area contributed by atoms with E-state index in [-0.39, 0.29) is 0 Å². The van der Waals surface area contributed by atoms with Crippen LogP contribution in [-0.4, -0.2) is 11.9 Å². The molecular weight excluding hydrogens is 278 g/mol. The lowest BCUT2D eigenvalue weighted by molar-refractivity contribution is 0.316. The molecule has 0 spiro atoms. The van der Waals surface area contributed by atoms with Crippen LogP contribution in [0.15, 0.2) is 45.5 Å². The second kappa shape index (κ2) is 5.52. The predicted molar refractivity (Wildman–Crippen MR) is 72.8 cm³/mol. The number of hydrogen-bond acceptors (Lipinski definition) is 2. The van der Waals surface area contributed by atoms with Gasteiger partial charge in [-0.2, -0.15) is 0 Å². The fourth-order valence-electron chi connectivity index (χ4n) is 1.84. The SMILES string of the molecule is Cc1occc1CN(C)Cc1ccccc1Br. The van der Waals surface area contributed by atoms with Gasteiger partial charge in [-0.05, 0) is 31.7 Å². The van der Waals surface area contributed by atoms with Crippen molar-refractivity contribution in [2.45, 2.75) is 20.0 Å². The minimum atomic E-state index is 0.906. The topological polar surface area (TPSA) is 16.4 Å². The van der Waals surface area contributed by atoms with Crippen molar-refractivity contribution in [1.29, 1.82) is 0 Å². The Kier molecular flexibility index (Phi) is 4.02. The van der Waals surface area contributed by atoms with E-state index in [0.717, 1.165) is 23.3 Å². The molecule has 0 saturated carbocycles. The van der Waals surface area contributed by atoms with Crippen LogP contribution in [0.25, 0.3) is 0 Å². The average Bonchev–Trinajstić information content (AvgIpc) is 2.68. The summed E-state index contributed by atoms with van der Waals surface area (Å²) < 4.78 is 6.47. The van der Waals surface area contributed by atoms with E-state index in [1.54, 1.807) is 6.26 Å². The van der Waals surface area contributed by atoms with Gasteiger partial charge < -0.3 is 4.42 Å². The lowest BCUT2D eigenvalue weighted by Gasteiger charge is -2.17. The number of furan rings is 1. The van der Waals surface area contributed by atoms with Gasteiger partial charge >= 0.3 is 0 Å². The van der Waals surface area contributed by atoms with Gasteiger partial charge in [0, 0.05) is 23.1 Å². The smallest absolute Gasteiger partial charge is 0.105 e. The molecule has 0 aliphatic carbocycles. The Balaban J connectivity index is 2.01. The number of halogens is 1. The van der Waals surface area contributed by atoms with E-state index in [4.69, 9.17) is 4.42 Å². The molecule has 0 aliphatic rings. The van der Waals surface area contributed by atoms with Gasteiger partial charge in [-0.15, -0.1) is 0 Å². The number of hydrogen-bond donors (Lipinski definition) is 0. The molecule has 2 nitrogen and oxygen atoms in total. The zero-order chi connectivity index (χ0) is 12.3. The van der Waals surface area contributed by atoms with E-state index in [1.165, 1.54) is 11.1 Å². The minimum absolute atomic E-state index is 0.906. The van der Waals surface area contributed by atoms with E-state index in [2.05, 4.69) is 46.1 Å². The van der Waals surface area contributed by atoms with Crippen LogP contribution in [0.3, 0.4) is 0 Å². The summed E-state index contributed by atoms with van der Waals surface area (Å²) in [5.74, 6) is 1.00. The maximum absolute atomic E-state index is 5.30. The van der Waals surface area contributed by atoms with Gasteiger partial charge in [-0.3, -0.25) is 4.90 Å². The summed E-state index contributed by atoms with van der Waals surface area (Å²) in [7, 11) is 2.12. The van der Waals surface area contributed by atoms with Crippen molar-refractivity contribution in [3.8, 4) is 0 Å². The zero-order valence-electron chi connectivity index (χ0n) is 10.1. The van der Waals surface area contributed by atoms with Crippen LogP contribution in [0.5, 0.6) is 0 Å². The van der Waals surface area contributed by atoms with Crippen molar-refractivity contribution < 1.29 is 4.42 Å². The Morgan fingerprint density at radius 1 is 1.12 bits per heavy atom. The van der Waals surface area contributed by atoms with Crippen LogP contribution in [0.1, 0.15) is 16.9 Å². The minimum Gasteiger partial charge on any atom is -0.469 e. The molecule has 1 aromatic heterocycles. The third-order valence-corrected chi connectivity index (χ3v) is 3.58. The van der Waals surface area contributed by atoms with Crippen LogP contribution in [0.2, 0.25) is 0 Å². The van der Waals surface area contributed by atoms with Crippen molar-refractivity contribution >= 4 is 15.9 Å². The molecule has 0 N–H and O–H groups in total. The first kappa shape index (κ1) is 12.4. The number of rotatable bonds is 4. The zero-order valence-corrected chi connectivity index (χ0v) is 11.7. The lowest BCUT2D eigenvalue weighted by Crippen LogP contribution is -2.17. The van der Waals surface area contributed by atoms with Gasteiger partial charge in [0.2, 0.25) is 0 Å². The fourth-order valence-corrected chi connectivity index (χ4v) is 2.25. The van der Waals surface area contributed by atoms with Crippen molar-refractivity contribution in [3.63, 3.8) is 0 Å². The Morgan fingerprint density at radius 3 is 2.47 bits per heavy atom. The molecule has 2 rings (SSSR count). The highest BCUT2D eigenvalue weighted by Crippen LogP contribution is 2.19. The Bertz CT molecular complexity index is 492. The molecular formula is C14H16BrNO. The van der Waals surface area contributed by atoms with Crippen LogP contribution in [0.4, 0.5) is 0 Å². The van der Waals surface area contributed by atoms with Crippen LogP contribution < -0.4 is 0 Å². The van der Waals surface area contributed by atoms with Crippen molar-refractivity contribution in [2.75, 3.05) is 7.05 Å². The number of aryl methyl sites for hydroxylation is 1. The highest BCUT2D eigenvalue weighted by molar-refractivity contribution is 9.10. The molecule has 1 heterocycles. The van der Waals surface area contributed by atoms with Crippen molar-refractivity contribution in [2.24, 2.45) is 0 Å². The summed E-state index contributed by atoms with van der Waals surface area (Å²) in [4.78, 5) is 2.28. The van der Waals surface area contributed by atoms with Crippen molar-refractivity contribution in [3.05, 3.63) is 58.0 Å². The normalized spacial score (nSPS) is 11.1. The molecule has 0 amide bonds. The van der Waals surface area contributed by atoms with Gasteiger partial charge in [0.25, 0.3) is 0 Å². The first-order valence-corrected chi connectivity index (χ1v) is 6.41. The third-order valence-electron chi connectivity index (χ3n) is 2.80. The molecule has 90 valence electrons. The number of nitrogens with zero attached hydrogens (tertiary/aromatic N) is 1. The van der Waals surface area contributed by atoms with Crippen LogP contribution >= 0.6 is 15.9 Å². The molecule has 17 heavy (non-hydrogen) atoms. The summed E-state index contributed by atoms with van der Waals surface area (Å²) in [5.41, 5.74) is 2.55. The molecule has 0 radical (unpaired) electrons. The first-order chi connectivity index (χ1) is 8.16. The van der Waals surface area contributed by atoms with E-state index in [0.29, 0.717) is 0 Å². The Hall–Kier alpha value is -1.06. The molecule has 0 unspecified atom stereocenters. The number of benzene rings is 1. The van der Waals surface area contributed by atoms with E-state index >= 15 is 0 Å². The summed E-state index contributed by atoms with van der Waals surface area (Å²) in [5, 5.41) is 0. The Labute approximate surface area is 110 Å². The summed E-state index contributed by atoms with van der Waals surface area (Å²) in [6, 6.07) is 10.4. The summed E-state index contributed by atoms with van der Waals surface area (Å²) >= 11 is 3.57. The molecule has 0 atom stereocenters. The van der Waals surface area contributed by atoms with E-state index in [1.807, 2.05) is 19.1 Å². The van der Waals surface area contributed by atoms with Gasteiger partial charge in [-0.1, -0.05) is 34.1 Å². The lowest BCUT2D eigenvalue weighted by atomic mass is 10.2. The first-order valence-electron chi connectivity index (χ1n) is 5.61. The van der Waals surface area contributed by atoms with Crippen molar-refractivity contribution in [1.82, 2.24) is 4.90 Å². The van der Waals surface area contributed by atoms with E-state index < -0.39 is 0 Å². The molecule has 0 bridgehead atoms. The van der Waals surface area contributed by atoms with Crippen LogP contribution in [-0.2, 0) is 13.1 Å². The largest absolute Gasteiger partial charge is 0.469 e. The quantitative estimate of drug-likeness (QED) is 0.848. The molecule has 0 aliphatic heterocycles. The van der Waals surface area contributed by atoms with Gasteiger partial charge in [0.15, 0.2) is 0 Å². The molecule has 0 saturated heterocycles. The second-order valence-electron chi connectivity index (χ2n) is 4.27. The monoisotopic (exact) mass is 293 g/mol. The predicted octanol–water partition coefficient (Wildman–Crippen LogP) is 3.98. The van der Waals surface area contributed by atoms with E-state index in [9.17, 15) is 0 Å². The van der Waals surface area contributed by atoms with Gasteiger partial charge in [-0.25, -0.2) is 0 Å². The Morgan fingerprint density at radius 2 is 1.82 bits per heavy atom. The summed E-state index contributed by atoms with van der Waals surface area (Å²) in [6.45, 7) is 3.83.